The quantitative estimate of drug-likeness (QED) is 0.153. The number of hydrogen-bond donors (Lipinski definition) is 0. The van der Waals surface area contributed by atoms with Gasteiger partial charge in [0, 0.05) is 29.7 Å². The lowest BCUT2D eigenvalue weighted by molar-refractivity contribution is -0.147. The molecule has 0 aliphatic rings. The first-order valence-electron chi connectivity index (χ1n) is 11.4. The minimum atomic E-state index is -1.15. The molecule has 0 aliphatic carbocycles. The number of carbonyl (C=O) groups is 3. The molecule has 0 amide bonds. The Labute approximate surface area is 205 Å². The van der Waals surface area contributed by atoms with Crippen molar-refractivity contribution in [1.29, 1.82) is 0 Å². The summed E-state index contributed by atoms with van der Waals surface area (Å²) in [5, 5.41) is 0. The number of ether oxygens (including phenoxy) is 5. The van der Waals surface area contributed by atoms with Crippen LogP contribution >= 0.6 is 0 Å². The number of rotatable bonds is 15. The second kappa shape index (κ2) is 14.5. The van der Waals surface area contributed by atoms with Crippen LogP contribution in [0.25, 0.3) is 0 Å². The van der Waals surface area contributed by atoms with Crippen LogP contribution in [0.2, 0.25) is 0 Å². The minimum Gasteiger partial charge on any atom is -0.497 e. The van der Waals surface area contributed by atoms with Gasteiger partial charge in [-0.3, -0.25) is 9.59 Å². The predicted octanol–water partition coefficient (Wildman–Crippen LogP) is 4.86. The highest BCUT2D eigenvalue weighted by atomic mass is 16.5. The average molecular weight is 485 g/mol. The maximum atomic E-state index is 13.4. The van der Waals surface area contributed by atoms with Crippen molar-refractivity contribution in [2.24, 2.45) is 0 Å². The molecule has 0 bridgehead atoms. The standard InChI is InChI=1S/C27H32O8/c1-5-9-25(29)35-27(20-16-22(31-3)18-23(17-20)32-4)26(30)19-10-12-21(13-11-19)33-14-7-8-15-34-24(28)6-2/h6,10-13,16-18,27H,2,5,7-9,14-15H2,1,3-4H3. The van der Waals surface area contributed by atoms with Gasteiger partial charge in [0.05, 0.1) is 27.4 Å². The number of methoxy groups -OCH3 is 2. The molecule has 1 atom stereocenters. The van der Waals surface area contributed by atoms with Crippen LogP contribution in [-0.2, 0) is 19.1 Å². The van der Waals surface area contributed by atoms with Crippen LogP contribution in [-0.4, -0.2) is 45.2 Å². The normalized spacial score (nSPS) is 11.2. The summed E-state index contributed by atoms with van der Waals surface area (Å²) in [6, 6.07) is 11.6. The molecule has 1 unspecified atom stereocenters. The monoisotopic (exact) mass is 484 g/mol. The Hall–Kier alpha value is -3.81. The first-order valence-corrected chi connectivity index (χ1v) is 11.4. The lowest BCUT2D eigenvalue weighted by Gasteiger charge is -2.19. The number of esters is 2. The molecule has 0 spiro atoms. The number of unbranched alkanes of at least 4 members (excludes halogenated alkanes) is 1. The van der Waals surface area contributed by atoms with Gasteiger partial charge in [-0.25, -0.2) is 4.79 Å². The molecule has 0 N–H and O–H groups in total. The van der Waals surface area contributed by atoms with E-state index in [9.17, 15) is 14.4 Å². The Morgan fingerprint density at radius 1 is 0.914 bits per heavy atom. The Bertz CT molecular complexity index is 974. The first-order chi connectivity index (χ1) is 16.9. The zero-order valence-electron chi connectivity index (χ0n) is 20.4. The lowest BCUT2D eigenvalue weighted by Crippen LogP contribution is -2.20. The van der Waals surface area contributed by atoms with Crippen LogP contribution in [0.5, 0.6) is 17.2 Å². The molecule has 0 radical (unpaired) electrons. The van der Waals surface area contributed by atoms with Gasteiger partial charge >= 0.3 is 11.9 Å². The molecule has 2 aromatic carbocycles. The van der Waals surface area contributed by atoms with Gasteiger partial charge in [-0.15, -0.1) is 0 Å². The number of carbonyl (C=O) groups excluding carboxylic acids is 3. The zero-order valence-corrected chi connectivity index (χ0v) is 20.4. The SMILES string of the molecule is C=CC(=O)OCCCCOc1ccc(C(=O)C(OC(=O)CCC)c2cc(OC)cc(OC)c2)cc1. The predicted molar refractivity (Wildman–Crippen MR) is 130 cm³/mol. The largest absolute Gasteiger partial charge is 0.497 e. The van der Waals surface area contributed by atoms with Crippen molar-refractivity contribution in [2.75, 3.05) is 27.4 Å². The molecule has 188 valence electrons. The molecule has 8 nitrogen and oxygen atoms in total. The van der Waals surface area contributed by atoms with Crippen LogP contribution in [0.15, 0.2) is 55.1 Å². The summed E-state index contributed by atoms with van der Waals surface area (Å²) >= 11 is 0. The first kappa shape index (κ1) is 27.4. The second-order valence-corrected chi connectivity index (χ2v) is 7.58. The van der Waals surface area contributed by atoms with Gasteiger partial charge in [0.1, 0.15) is 17.2 Å². The molecule has 0 saturated heterocycles. The Morgan fingerprint density at radius 3 is 2.11 bits per heavy atom. The van der Waals surface area contributed by atoms with E-state index in [4.69, 9.17) is 23.7 Å². The van der Waals surface area contributed by atoms with E-state index in [1.165, 1.54) is 14.2 Å². The van der Waals surface area contributed by atoms with Gasteiger partial charge in [-0.1, -0.05) is 13.5 Å². The van der Waals surface area contributed by atoms with E-state index in [-0.39, 0.29) is 12.2 Å². The van der Waals surface area contributed by atoms with Crippen LogP contribution in [0, 0.1) is 0 Å². The fourth-order valence-electron chi connectivity index (χ4n) is 3.14. The van der Waals surface area contributed by atoms with Gasteiger partial charge in [0.25, 0.3) is 0 Å². The fourth-order valence-corrected chi connectivity index (χ4v) is 3.14. The molecule has 0 aromatic heterocycles. The molecule has 0 heterocycles. The smallest absolute Gasteiger partial charge is 0.330 e. The van der Waals surface area contributed by atoms with E-state index < -0.39 is 18.0 Å². The minimum absolute atomic E-state index is 0.199. The van der Waals surface area contributed by atoms with Crippen LogP contribution in [0.1, 0.15) is 54.6 Å². The molecule has 0 saturated carbocycles. The summed E-state index contributed by atoms with van der Waals surface area (Å²) in [6.07, 6.45) is 2.12. The van der Waals surface area contributed by atoms with Gasteiger partial charge in [-0.2, -0.15) is 0 Å². The van der Waals surface area contributed by atoms with E-state index in [0.717, 1.165) is 6.08 Å². The van der Waals surface area contributed by atoms with Crippen molar-refractivity contribution >= 4 is 17.7 Å². The highest BCUT2D eigenvalue weighted by Crippen LogP contribution is 2.31. The summed E-state index contributed by atoms with van der Waals surface area (Å²) in [6.45, 7) is 5.93. The maximum Gasteiger partial charge on any atom is 0.330 e. The molecular formula is C27H32O8. The van der Waals surface area contributed by atoms with Gasteiger partial charge in [-0.05, 0) is 55.7 Å². The highest BCUT2D eigenvalue weighted by molar-refractivity contribution is 6.01. The summed E-state index contributed by atoms with van der Waals surface area (Å²) in [5.74, 6) is 0.259. The second-order valence-electron chi connectivity index (χ2n) is 7.58. The molecule has 2 rings (SSSR count). The lowest BCUT2D eigenvalue weighted by atomic mass is 9.99. The van der Waals surface area contributed by atoms with Crippen LogP contribution in [0.4, 0.5) is 0 Å². The van der Waals surface area contributed by atoms with Gasteiger partial charge in [0.15, 0.2) is 6.10 Å². The molecule has 0 fully saturated rings. The summed E-state index contributed by atoms with van der Waals surface area (Å²) in [7, 11) is 3.01. The third-order valence-electron chi connectivity index (χ3n) is 4.98. The fraction of sp³-hybridized carbons (Fsp3) is 0.370. The topological polar surface area (TPSA) is 97.4 Å². The van der Waals surface area contributed by atoms with Crippen molar-refractivity contribution in [3.8, 4) is 17.2 Å². The van der Waals surface area contributed by atoms with Crippen molar-refractivity contribution < 1.29 is 38.1 Å². The van der Waals surface area contributed by atoms with E-state index >= 15 is 0 Å². The number of benzene rings is 2. The number of hydrogen-bond acceptors (Lipinski definition) is 8. The molecule has 2 aromatic rings. The molecular weight excluding hydrogens is 452 g/mol. The third-order valence-corrected chi connectivity index (χ3v) is 4.98. The number of Topliss-reactive ketones (excluding diaryl/α,β-unsaturated/α-hetero) is 1. The van der Waals surface area contributed by atoms with Crippen LogP contribution in [0.3, 0.4) is 0 Å². The van der Waals surface area contributed by atoms with E-state index in [2.05, 4.69) is 6.58 Å². The van der Waals surface area contributed by atoms with Crippen molar-refractivity contribution in [3.63, 3.8) is 0 Å². The van der Waals surface area contributed by atoms with Crippen molar-refractivity contribution in [3.05, 3.63) is 66.2 Å². The number of ketones is 1. The zero-order chi connectivity index (χ0) is 25.6. The Morgan fingerprint density at radius 2 is 1.54 bits per heavy atom. The summed E-state index contributed by atoms with van der Waals surface area (Å²) in [5.41, 5.74) is 0.818. The third kappa shape index (κ3) is 8.81. The summed E-state index contributed by atoms with van der Waals surface area (Å²) < 4.78 is 26.8. The van der Waals surface area contributed by atoms with Crippen molar-refractivity contribution in [2.45, 2.75) is 38.7 Å². The van der Waals surface area contributed by atoms with Gasteiger partial charge in [0.2, 0.25) is 5.78 Å². The van der Waals surface area contributed by atoms with E-state index in [0.29, 0.717) is 60.9 Å². The van der Waals surface area contributed by atoms with Crippen molar-refractivity contribution in [1.82, 2.24) is 0 Å². The van der Waals surface area contributed by atoms with E-state index in [1.807, 2.05) is 6.92 Å². The average Bonchev–Trinajstić information content (AvgIpc) is 2.88. The molecule has 0 aliphatic heterocycles. The highest BCUT2D eigenvalue weighted by Gasteiger charge is 2.27. The maximum absolute atomic E-state index is 13.4. The van der Waals surface area contributed by atoms with Crippen LogP contribution < -0.4 is 14.2 Å². The Kier molecular flexibility index (Phi) is 11.3. The molecule has 35 heavy (non-hydrogen) atoms. The molecule has 8 heteroatoms. The Balaban J connectivity index is 2.10. The van der Waals surface area contributed by atoms with E-state index in [1.54, 1.807) is 42.5 Å². The summed E-state index contributed by atoms with van der Waals surface area (Å²) in [4.78, 5) is 36.7. The van der Waals surface area contributed by atoms with Gasteiger partial charge < -0.3 is 23.7 Å².